The Labute approximate surface area is 96.8 Å². The standard InChI is InChI=1S/C9H9N5O2S/c1-6-11-12-8-5-10-9-7(14(6)8)3-4-13(9)17(2,15)16/h3-5H,1-2H3. The van der Waals surface area contributed by atoms with Gasteiger partial charge in [0.15, 0.2) is 11.3 Å². The van der Waals surface area contributed by atoms with Gasteiger partial charge in [0.25, 0.3) is 0 Å². The fourth-order valence-electron chi connectivity index (χ4n) is 1.84. The van der Waals surface area contributed by atoms with Crippen LogP contribution in [0.5, 0.6) is 0 Å². The molecule has 0 N–H and O–H groups in total. The van der Waals surface area contributed by atoms with Gasteiger partial charge >= 0.3 is 0 Å². The average Bonchev–Trinajstić information content (AvgIpc) is 2.80. The van der Waals surface area contributed by atoms with Crippen molar-refractivity contribution in [2.24, 2.45) is 0 Å². The minimum absolute atomic E-state index is 0.378. The Bertz CT molecular complexity index is 830. The number of aromatic nitrogens is 5. The number of hydrogen-bond donors (Lipinski definition) is 0. The maximum absolute atomic E-state index is 11.5. The minimum Gasteiger partial charge on any atom is -0.275 e. The fraction of sp³-hybridized carbons (Fsp3) is 0.222. The molecule has 0 unspecified atom stereocenters. The van der Waals surface area contributed by atoms with Gasteiger partial charge in [-0.05, 0) is 13.0 Å². The van der Waals surface area contributed by atoms with Gasteiger partial charge in [-0.15, -0.1) is 10.2 Å². The molecule has 0 aliphatic rings. The first-order valence-electron chi connectivity index (χ1n) is 4.87. The van der Waals surface area contributed by atoms with Gasteiger partial charge in [-0.1, -0.05) is 0 Å². The van der Waals surface area contributed by atoms with Crippen molar-refractivity contribution < 1.29 is 8.42 Å². The van der Waals surface area contributed by atoms with E-state index in [0.29, 0.717) is 22.6 Å². The predicted octanol–water partition coefficient (Wildman–Crippen LogP) is 0.195. The highest BCUT2D eigenvalue weighted by Crippen LogP contribution is 2.17. The molecule has 0 fully saturated rings. The molecule has 0 spiro atoms. The highest BCUT2D eigenvalue weighted by molar-refractivity contribution is 7.89. The van der Waals surface area contributed by atoms with Crippen molar-refractivity contribution in [2.75, 3.05) is 6.26 Å². The average molecular weight is 251 g/mol. The van der Waals surface area contributed by atoms with E-state index in [1.165, 1.54) is 12.4 Å². The Morgan fingerprint density at radius 2 is 2.06 bits per heavy atom. The van der Waals surface area contributed by atoms with Crippen LogP contribution in [0.15, 0.2) is 18.5 Å². The fourth-order valence-corrected chi connectivity index (χ4v) is 2.58. The first kappa shape index (κ1) is 10.2. The van der Waals surface area contributed by atoms with E-state index in [0.717, 1.165) is 10.2 Å². The van der Waals surface area contributed by atoms with Crippen LogP contribution in [0.1, 0.15) is 5.82 Å². The molecular formula is C9H9N5O2S. The lowest BCUT2D eigenvalue weighted by atomic mass is 10.5. The quantitative estimate of drug-likeness (QED) is 0.616. The van der Waals surface area contributed by atoms with E-state index >= 15 is 0 Å². The van der Waals surface area contributed by atoms with Gasteiger partial charge in [-0.25, -0.2) is 17.4 Å². The van der Waals surface area contributed by atoms with E-state index in [1.807, 2.05) is 0 Å². The van der Waals surface area contributed by atoms with E-state index in [2.05, 4.69) is 15.2 Å². The second kappa shape index (κ2) is 3.04. The molecule has 88 valence electrons. The molecule has 7 nitrogen and oxygen atoms in total. The smallest absolute Gasteiger partial charge is 0.237 e. The summed E-state index contributed by atoms with van der Waals surface area (Å²) in [4.78, 5) is 4.11. The maximum atomic E-state index is 11.5. The second-order valence-electron chi connectivity index (χ2n) is 3.78. The zero-order chi connectivity index (χ0) is 12.2. The summed E-state index contributed by atoms with van der Waals surface area (Å²) in [5.74, 6) is 0.693. The summed E-state index contributed by atoms with van der Waals surface area (Å²) in [5.41, 5.74) is 1.65. The van der Waals surface area contributed by atoms with Gasteiger partial charge < -0.3 is 0 Å². The third-order valence-electron chi connectivity index (χ3n) is 2.56. The first-order valence-corrected chi connectivity index (χ1v) is 6.71. The van der Waals surface area contributed by atoms with E-state index < -0.39 is 10.0 Å². The van der Waals surface area contributed by atoms with Crippen molar-refractivity contribution in [3.8, 4) is 0 Å². The van der Waals surface area contributed by atoms with Crippen LogP contribution in [0.25, 0.3) is 16.8 Å². The SMILES string of the molecule is Cc1nnc2cnc3c(ccn3S(C)(=O)=O)n12. The van der Waals surface area contributed by atoms with Crippen LogP contribution in [0.3, 0.4) is 0 Å². The van der Waals surface area contributed by atoms with Crippen molar-refractivity contribution in [3.63, 3.8) is 0 Å². The number of rotatable bonds is 1. The van der Waals surface area contributed by atoms with E-state index in [-0.39, 0.29) is 0 Å². The summed E-state index contributed by atoms with van der Waals surface area (Å²) in [6.45, 7) is 1.80. The van der Waals surface area contributed by atoms with Gasteiger partial charge in [0.05, 0.1) is 18.0 Å². The molecule has 8 heteroatoms. The molecule has 0 aromatic carbocycles. The van der Waals surface area contributed by atoms with Gasteiger partial charge in [0.2, 0.25) is 10.0 Å². The van der Waals surface area contributed by atoms with Crippen LogP contribution in [0, 0.1) is 6.92 Å². The topological polar surface area (TPSA) is 82.2 Å². The molecule has 0 bridgehead atoms. The summed E-state index contributed by atoms with van der Waals surface area (Å²) in [5, 5.41) is 7.86. The van der Waals surface area contributed by atoms with Crippen molar-refractivity contribution in [1.29, 1.82) is 0 Å². The molecule has 0 saturated heterocycles. The summed E-state index contributed by atoms with van der Waals surface area (Å²) in [6.07, 6.45) is 4.12. The number of aryl methyl sites for hydroxylation is 1. The Morgan fingerprint density at radius 3 is 2.76 bits per heavy atom. The molecule has 3 heterocycles. The van der Waals surface area contributed by atoms with Crippen LogP contribution in [0.4, 0.5) is 0 Å². The van der Waals surface area contributed by atoms with Crippen LogP contribution < -0.4 is 0 Å². The van der Waals surface area contributed by atoms with Crippen LogP contribution in [-0.2, 0) is 10.0 Å². The molecule has 0 aliphatic heterocycles. The number of hydrogen-bond acceptors (Lipinski definition) is 5. The molecule has 3 rings (SSSR count). The predicted molar refractivity (Wildman–Crippen MR) is 61.3 cm³/mol. The summed E-state index contributed by atoms with van der Waals surface area (Å²) in [6, 6.07) is 1.69. The third-order valence-corrected chi connectivity index (χ3v) is 3.57. The Hall–Kier alpha value is -1.96. The molecule has 0 radical (unpaired) electrons. The first-order chi connectivity index (χ1) is 7.98. The molecule has 3 aromatic rings. The maximum Gasteiger partial charge on any atom is 0.237 e. The Morgan fingerprint density at radius 1 is 1.29 bits per heavy atom. The van der Waals surface area contributed by atoms with E-state index in [9.17, 15) is 8.42 Å². The highest BCUT2D eigenvalue weighted by Gasteiger charge is 2.14. The van der Waals surface area contributed by atoms with Gasteiger partial charge in [-0.3, -0.25) is 4.40 Å². The zero-order valence-electron chi connectivity index (χ0n) is 9.19. The van der Waals surface area contributed by atoms with E-state index in [4.69, 9.17) is 0 Å². The zero-order valence-corrected chi connectivity index (χ0v) is 10.0. The van der Waals surface area contributed by atoms with Crippen molar-refractivity contribution in [2.45, 2.75) is 6.92 Å². The van der Waals surface area contributed by atoms with Gasteiger partial charge in [0.1, 0.15) is 5.82 Å². The number of nitrogens with zero attached hydrogens (tertiary/aromatic N) is 5. The monoisotopic (exact) mass is 251 g/mol. The molecule has 3 aromatic heterocycles. The van der Waals surface area contributed by atoms with Crippen LogP contribution in [-0.4, -0.2) is 38.2 Å². The Kier molecular flexibility index (Phi) is 1.82. The van der Waals surface area contributed by atoms with Gasteiger partial charge in [0, 0.05) is 6.20 Å². The van der Waals surface area contributed by atoms with Crippen molar-refractivity contribution >= 4 is 26.8 Å². The molecule has 0 atom stereocenters. The lowest BCUT2D eigenvalue weighted by Gasteiger charge is -2.01. The minimum atomic E-state index is -3.35. The summed E-state index contributed by atoms with van der Waals surface area (Å²) < 4.78 is 26.0. The highest BCUT2D eigenvalue weighted by atomic mass is 32.2. The Balaban J connectivity index is 2.55. The normalized spacial score (nSPS) is 12.6. The summed E-state index contributed by atoms with van der Waals surface area (Å²) >= 11 is 0. The second-order valence-corrected chi connectivity index (χ2v) is 5.64. The molecule has 17 heavy (non-hydrogen) atoms. The molecule has 0 aliphatic carbocycles. The number of fused-ring (bicyclic) bond motifs is 3. The molecule has 0 saturated carbocycles. The van der Waals surface area contributed by atoms with Crippen LogP contribution in [0.2, 0.25) is 0 Å². The van der Waals surface area contributed by atoms with Gasteiger partial charge in [-0.2, -0.15) is 0 Å². The largest absolute Gasteiger partial charge is 0.275 e. The van der Waals surface area contributed by atoms with E-state index in [1.54, 1.807) is 17.4 Å². The molecule has 0 amide bonds. The summed E-state index contributed by atoms with van der Waals surface area (Å²) in [7, 11) is -3.35. The van der Waals surface area contributed by atoms with Crippen LogP contribution >= 0.6 is 0 Å². The van der Waals surface area contributed by atoms with Crippen molar-refractivity contribution in [1.82, 2.24) is 23.6 Å². The molecular weight excluding hydrogens is 242 g/mol. The lowest BCUT2D eigenvalue weighted by Crippen LogP contribution is -2.09. The third kappa shape index (κ3) is 1.34. The lowest BCUT2D eigenvalue weighted by molar-refractivity contribution is 0.595. The van der Waals surface area contributed by atoms with Crippen molar-refractivity contribution in [3.05, 3.63) is 24.3 Å².